The van der Waals surface area contributed by atoms with Gasteiger partial charge in [-0.2, -0.15) is 0 Å². The van der Waals surface area contributed by atoms with Crippen LogP contribution in [-0.2, 0) is 9.53 Å². The molecule has 0 aliphatic rings. The quantitative estimate of drug-likeness (QED) is 0.479. The molecule has 0 aromatic heterocycles. The third kappa shape index (κ3) is 2.31. The maximum Gasteiger partial charge on any atom is 0.346 e. The fourth-order valence-electron chi connectivity index (χ4n) is 0.498. The standard InChI is InChI=1S/C6H11NO2S/c1-4(7)5(10-3)6(8)9-2/h7H2,1-3H3/b5-4+. The van der Waals surface area contributed by atoms with Crippen molar-refractivity contribution >= 4 is 17.7 Å². The van der Waals surface area contributed by atoms with Crippen LogP contribution in [0.5, 0.6) is 0 Å². The van der Waals surface area contributed by atoms with Crippen LogP contribution < -0.4 is 5.73 Å². The molecule has 0 heterocycles. The topological polar surface area (TPSA) is 52.3 Å². The molecule has 4 heteroatoms. The number of ether oxygens (including phenoxy) is 1. The first-order valence-corrected chi connectivity index (χ1v) is 3.94. The molecule has 0 aliphatic heterocycles. The minimum absolute atomic E-state index is 0.368. The minimum Gasteiger partial charge on any atom is -0.465 e. The Balaban J connectivity index is 4.37. The van der Waals surface area contributed by atoms with E-state index in [9.17, 15) is 4.79 Å². The zero-order valence-electron chi connectivity index (χ0n) is 6.30. The molecule has 0 saturated heterocycles. The number of carbonyl (C=O) groups excluding carboxylic acids is 1. The van der Waals surface area contributed by atoms with Gasteiger partial charge in [0.1, 0.15) is 4.91 Å². The third-order valence-corrected chi connectivity index (χ3v) is 1.83. The summed E-state index contributed by atoms with van der Waals surface area (Å²) in [4.78, 5) is 11.3. The highest BCUT2D eigenvalue weighted by atomic mass is 32.2. The highest BCUT2D eigenvalue weighted by Gasteiger charge is 2.09. The van der Waals surface area contributed by atoms with Crippen LogP contribution in [0.4, 0.5) is 0 Å². The first-order chi connectivity index (χ1) is 4.63. The summed E-state index contributed by atoms with van der Waals surface area (Å²) in [6, 6.07) is 0. The Morgan fingerprint density at radius 3 is 2.20 bits per heavy atom. The van der Waals surface area contributed by atoms with E-state index in [-0.39, 0.29) is 5.97 Å². The lowest BCUT2D eigenvalue weighted by molar-refractivity contribution is -0.135. The third-order valence-electron chi connectivity index (χ3n) is 0.933. The van der Waals surface area contributed by atoms with Crippen LogP contribution in [0, 0.1) is 0 Å². The molecule has 10 heavy (non-hydrogen) atoms. The SMILES string of the molecule is COC(=O)/C(SC)=C(/C)N. The van der Waals surface area contributed by atoms with E-state index in [1.165, 1.54) is 18.9 Å². The molecule has 0 unspecified atom stereocenters. The van der Waals surface area contributed by atoms with E-state index < -0.39 is 0 Å². The van der Waals surface area contributed by atoms with Crippen molar-refractivity contribution in [1.82, 2.24) is 0 Å². The van der Waals surface area contributed by atoms with E-state index in [1.54, 1.807) is 13.2 Å². The van der Waals surface area contributed by atoms with Crippen molar-refractivity contribution in [3.8, 4) is 0 Å². The zero-order chi connectivity index (χ0) is 8.15. The molecule has 0 saturated carbocycles. The Kier molecular flexibility index (Phi) is 3.95. The summed E-state index contributed by atoms with van der Waals surface area (Å²) in [6.45, 7) is 1.67. The Hall–Kier alpha value is -0.640. The van der Waals surface area contributed by atoms with E-state index in [1.807, 2.05) is 0 Å². The fourth-order valence-corrected chi connectivity index (χ4v) is 1.07. The van der Waals surface area contributed by atoms with Gasteiger partial charge in [-0.1, -0.05) is 0 Å². The molecule has 0 radical (unpaired) electrons. The maximum absolute atomic E-state index is 10.8. The maximum atomic E-state index is 10.8. The van der Waals surface area contributed by atoms with Gasteiger partial charge in [0.25, 0.3) is 0 Å². The monoisotopic (exact) mass is 161 g/mol. The second kappa shape index (κ2) is 4.22. The number of esters is 1. The van der Waals surface area contributed by atoms with Crippen molar-refractivity contribution in [3.63, 3.8) is 0 Å². The molecular weight excluding hydrogens is 150 g/mol. The van der Waals surface area contributed by atoms with Crippen molar-refractivity contribution < 1.29 is 9.53 Å². The van der Waals surface area contributed by atoms with Gasteiger partial charge >= 0.3 is 5.97 Å². The summed E-state index contributed by atoms with van der Waals surface area (Å²) in [5, 5.41) is 0. The second-order valence-electron chi connectivity index (χ2n) is 1.71. The number of hydrogen-bond donors (Lipinski definition) is 1. The lowest BCUT2D eigenvalue weighted by Crippen LogP contribution is -2.07. The van der Waals surface area contributed by atoms with E-state index in [0.29, 0.717) is 10.6 Å². The van der Waals surface area contributed by atoms with Gasteiger partial charge in [-0.3, -0.25) is 0 Å². The number of rotatable bonds is 2. The largest absolute Gasteiger partial charge is 0.465 e. The highest BCUT2D eigenvalue weighted by Crippen LogP contribution is 2.14. The average molecular weight is 161 g/mol. The number of carbonyl (C=O) groups is 1. The summed E-state index contributed by atoms with van der Waals surface area (Å²) in [5.74, 6) is -0.368. The number of allylic oxidation sites excluding steroid dienone is 1. The molecule has 0 atom stereocenters. The van der Waals surface area contributed by atoms with Gasteiger partial charge in [0, 0.05) is 5.70 Å². The van der Waals surface area contributed by atoms with Crippen LogP contribution >= 0.6 is 11.8 Å². The molecule has 0 amide bonds. The van der Waals surface area contributed by atoms with Crippen LogP contribution in [-0.4, -0.2) is 19.3 Å². The van der Waals surface area contributed by atoms with Gasteiger partial charge in [-0.15, -0.1) is 11.8 Å². The van der Waals surface area contributed by atoms with Crippen molar-refractivity contribution in [3.05, 3.63) is 10.6 Å². The summed E-state index contributed by atoms with van der Waals surface area (Å²) in [7, 11) is 1.33. The zero-order valence-corrected chi connectivity index (χ0v) is 7.12. The molecule has 2 N–H and O–H groups in total. The lowest BCUT2D eigenvalue weighted by Gasteiger charge is -2.02. The molecule has 58 valence electrons. The number of hydrogen-bond acceptors (Lipinski definition) is 4. The number of thioether (sulfide) groups is 1. The minimum atomic E-state index is -0.368. The molecule has 0 rings (SSSR count). The van der Waals surface area contributed by atoms with E-state index in [2.05, 4.69) is 4.74 Å². The number of nitrogens with two attached hydrogens (primary N) is 1. The predicted octanol–water partition coefficient (Wildman–Crippen LogP) is 0.713. The van der Waals surface area contributed by atoms with Gasteiger partial charge in [0.2, 0.25) is 0 Å². The molecule has 0 aromatic carbocycles. The van der Waals surface area contributed by atoms with Crippen LogP contribution in [0.3, 0.4) is 0 Å². The van der Waals surface area contributed by atoms with Gasteiger partial charge in [-0.25, -0.2) is 4.79 Å². The average Bonchev–Trinajstić information content (AvgIpc) is 1.88. The molecule has 3 nitrogen and oxygen atoms in total. The summed E-state index contributed by atoms with van der Waals surface area (Å²) in [6.07, 6.45) is 1.78. The molecule has 0 fully saturated rings. The Morgan fingerprint density at radius 2 is 2.10 bits per heavy atom. The number of methoxy groups -OCH3 is 1. The molecule has 0 aliphatic carbocycles. The highest BCUT2D eigenvalue weighted by molar-refractivity contribution is 8.03. The lowest BCUT2D eigenvalue weighted by atomic mass is 10.4. The van der Waals surface area contributed by atoms with E-state index >= 15 is 0 Å². The van der Waals surface area contributed by atoms with Gasteiger partial charge in [0.15, 0.2) is 0 Å². The van der Waals surface area contributed by atoms with Gasteiger partial charge in [0.05, 0.1) is 7.11 Å². The van der Waals surface area contributed by atoms with Crippen LogP contribution in [0.1, 0.15) is 6.92 Å². The van der Waals surface area contributed by atoms with Crippen molar-refractivity contribution in [2.75, 3.05) is 13.4 Å². The summed E-state index contributed by atoms with van der Waals surface area (Å²) >= 11 is 1.29. The molecule has 0 bridgehead atoms. The molecule has 0 aromatic rings. The van der Waals surface area contributed by atoms with Gasteiger partial charge < -0.3 is 10.5 Å². The van der Waals surface area contributed by atoms with Crippen LogP contribution in [0.25, 0.3) is 0 Å². The molecular formula is C6H11NO2S. The summed E-state index contributed by atoms with van der Waals surface area (Å²) < 4.78 is 4.47. The first kappa shape index (κ1) is 9.36. The Morgan fingerprint density at radius 1 is 1.60 bits per heavy atom. The Bertz CT molecular complexity index is 161. The van der Waals surface area contributed by atoms with E-state index in [4.69, 9.17) is 5.73 Å². The van der Waals surface area contributed by atoms with Crippen molar-refractivity contribution in [2.45, 2.75) is 6.92 Å². The van der Waals surface area contributed by atoms with Gasteiger partial charge in [-0.05, 0) is 13.2 Å². The molecule has 0 spiro atoms. The first-order valence-electron chi connectivity index (χ1n) is 2.72. The van der Waals surface area contributed by atoms with Crippen LogP contribution in [0.2, 0.25) is 0 Å². The van der Waals surface area contributed by atoms with E-state index in [0.717, 1.165) is 0 Å². The smallest absolute Gasteiger partial charge is 0.346 e. The van der Waals surface area contributed by atoms with Crippen LogP contribution in [0.15, 0.2) is 10.6 Å². The van der Waals surface area contributed by atoms with Crippen molar-refractivity contribution in [1.29, 1.82) is 0 Å². The predicted molar refractivity (Wildman–Crippen MR) is 42.4 cm³/mol. The summed E-state index contributed by atoms with van der Waals surface area (Å²) in [5.41, 5.74) is 5.88. The fraction of sp³-hybridized carbons (Fsp3) is 0.500. The Labute approximate surface area is 64.6 Å². The normalized spacial score (nSPS) is 12.3. The second-order valence-corrected chi connectivity index (χ2v) is 2.52. The van der Waals surface area contributed by atoms with Crippen molar-refractivity contribution in [2.24, 2.45) is 5.73 Å².